The first-order chi connectivity index (χ1) is 9.11. The lowest BCUT2D eigenvalue weighted by molar-refractivity contribution is 0.924. The molecule has 0 atom stereocenters. The van der Waals surface area contributed by atoms with Crippen molar-refractivity contribution in [2.75, 3.05) is 5.73 Å². The summed E-state index contributed by atoms with van der Waals surface area (Å²) in [6.07, 6.45) is 0.863. The second-order valence-corrected chi connectivity index (χ2v) is 5.59. The summed E-state index contributed by atoms with van der Waals surface area (Å²) < 4.78 is 0. The van der Waals surface area contributed by atoms with Crippen LogP contribution in [0.5, 0.6) is 0 Å². The largest absolute Gasteiger partial charge is 0.383 e. The number of aromatic nitrogens is 2. The molecule has 0 amide bonds. The van der Waals surface area contributed by atoms with E-state index in [0.29, 0.717) is 11.6 Å². The van der Waals surface area contributed by atoms with Crippen LogP contribution in [0.25, 0.3) is 0 Å². The predicted molar refractivity (Wildman–Crippen MR) is 81.6 cm³/mol. The summed E-state index contributed by atoms with van der Waals surface area (Å²) in [6, 6.07) is 7.76. The molecule has 0 unspecified atom stereocenters. The normalized spacial score (nSPS) is 10.7. The zero-order chi connectivity index (χ0) is 13.8. The molecule has 0 fully saturated rings. The van der Waals surface area contributed by atoms with Crippen LogP contribution in [0.2, 0.25) is 5.02 Å². The van der Waals surface area contributed by atoms with Crippen molar-refractivity contribution in [3.8, 4) is 0 Å². The third kappa shape index (κ3) is 3.39. The molecule has 0 aliphatic carbocycles. The molecule has 0 saturated carbocycles. The van der Waals surface area contributed by atoms with Gasteiger partial charge in [-0.15, -0.1) is 11.8 Å². The molecule has 0 aliphatic rings. The van der Waals surface area contributed by atoms with Crippen molar-refractivity contribution in [3.05, 3.63) is 46.4 Å². The minimum absolute atomic E-state index is 0.571. The number of nitrogens with two attached hydrogens (primary N) is 1. The first kappa shape index (κ1) is 14.2. The van der Waals surface area contributed by atoms with E-state index in [0.717, 1.165) is 33.4 Å². The molecule has 100 valence electrons. The average Bonchev–Trinajstić information content (AvgIpc) is 2.41. The highest BCUT2D eigenvalue weighted by molar-refractivity contribution is 7.98. The van der Waals surface area contributed by atoms with E-state index < -0.39 is 0 Å². The summed E-state index contributed by atoms with van der Waals surface area (Å²) >= 11 is 7.74. The molecule has 1 aromatic carbocycles. The fraction of sp³-hybridized carbons (Fsp3) is 0.286. The van der Waals surface area contributed by atoms with Gasteiger partial charge in [0.25, 0.3) is 0 Å². The van der Waals surface area contributed by atoms with E-state index in [2.05, 4.69) is 16.9 Å². The fourth-order valence-corrected chi connectivity index (χ4v) is 2.84. The Morgan fingerprint density at radius 3 is 2.68 bits per heavy atom. The molecule has 0 aliphatic heterocycles. The van der Waals surface area contributed by atoms with E-state index in [4.69, 9.17) is 17.3 Å². The van der Waals surface area contributed by atoms with Crippen LogP contribution in [0.15, 0.2) is 29.2 Å². The number of halogens is 1. The van der Waals surface area contributed by atoms with Gasteiger partial charge in [0.15, 0.2) is 0 Å². The number of benzene rings is 1. The molecule has 2 N–H and O–H groups in total. The van der Waals surface area contributed by atoms with Crippen LogP contribution in [0.4, 0.5) is 5.82 Å². The van der Waals surface area contributed by atoms with Gasteiger partial charge in [0.05, 0.1) is 10.8 Å². The van der Waals surface area contributed by atoms with Crippen molar-refractivity contribution in [2.45, 2.75) is 30.9 Å². The third-order valence-corrected chi connectivity index (χ3v) is 4.37. The van der Waals surface area contributed by atoms with Crippen LogP contribution < -0.4 is 5.73 Å². The van der Waals surface area contributed by atoms with Crippen LogP contribution in [0.3, 0.4) is 0 Å². The molecule has 0 spiro atoms. The van der Waals surface area contributed by atoms with Gasteiger partial charge in [-0.05, 0) is 25.5 Å². The number of aryl methyl sites for hydroxylation is 1. The lowest BCUT2D eigenvalue weighted by Gasteiger charge is -2.08. The molecule has 1 heterocycles. The van der Waals surface area contributed by atoms with Crippen molar-refractivity contribution in [2.24, 2.45) is 0 Å². The lowest BCUT2D eigenvalue weighted by Crippen LogP contribution is -2.06. The van der Waals surface area contributed by atoms with E-state index in [1.807, 2.05) is 31.2 Å². The first-order valence-electron chi connectivity index (χ1n) is 6.11. The van der Waals surface area contributed by atoms with Crippen molar-refractivity contribution < 1.29 is 0 Å². The Balaban J connectivity index is 2.16. The number of hydrogen-bond donors (Lipinski definition) is 1. The minimum atomic E-state index is 0.571. The molecule has 0 radical (unpaired) electrons. The van der Waals surface area contributed by atoms with Crippen LogP contribution in [0, 0.1) is 6.92 Å². The summed E-state index contributed by atoms with van der Waals surface area (Å²) in [5, 5.41) is 0.753. The van der Waals surface area contributed by atoms with Crippen molar-refractivity contribution in [1.82, 2.24) is 9.97 Å². The molecular weight excluding hydrogens is 278 g/mol. The zero-order valence-electron chi connectivity index (χ0n) is 11.0. The lowest BCUT2D eigenvalue weighted by atomic mass is 10.2. The highest BCUT2D eigenvalue weighted by Gasteiger charge is 2.08. The Morgan fingerprint density at radius 2 is 2.00 bits per heavy atom. The van der Waals surface area contributed by atoms with Crippen molar-refractivity contribution >= 4 is 29.2 Å². The number of rotatable bonds is 4. The maximum atomic E-state index is 6.12. The number of nitrogen functional groups attached to an aromatic ring is 1. The molecule has 1 aromatic heterocycles. The van der Waals surface area contributed by atoms with Crippen molar-refractivity contribution in [3.63, 3.8) is 0 Å². The Labute approximate surface area is 122 Å². The van der Waals surface area contributed by atoms with E-state index in [-0.39, 0.29) is 0 Å². The number of nitrogens with zero attached hydrogens (tertiary/aromatic N) is 2. The Kier molecular flexibility index (Phi) is 4.66. The third-order valence-electron chi connectivity index (χ3n) is 2.86. The second kappa shape index (κ2) is 6.26. The molecule has 2 rings (SSSR count). The summed E-state index contributed by atoms with van der Waals surface area (Å²) in [7, 11) is 0. The van der Waals surface area contributed by atoms with Gasteiger partial charge in [-0.1, -0.05) is 30.7 Å². The fourth-order valence-electron chi connectivity index (χ4n) is 1.75. The SMILES string of the molecule is CCc1nc(CSc2ccccc2Cl)nc(N)c1C. The van der Waals surface area contributed by atoms with E-state index in [1.165, 1.54) is 0 Å². The van der Waals surface area contributed by atoms with Gasteiger partial charge in [0.1, 0.15) is 11.6 Å². The highest BCUT2D eigenvalue weighted by Crippen LogP contribution is 2.29. The van der Waals surface area contributed by atoms with Gasteiger partial charge in [0, 0.05) is 16.2 Å². The van der Waals surface area contributed by atoms with Gasteiger partial charge >= 0.3 is 0 Å². The quantitative estimate of drug-likeness (QED) is 0.869. The Morgan fingerprint density at radius 1 is 1.26 bits per heavy atom. The van der Waals surface area contributed by atoms with E-state index >= 15 is 0 Å². The maximum absolute atomic E-state index is 6.12. The molecule has 19 heavy (non-hydrogen) atoms. The van der Waals surface area contributed by atoms with Gasteiger partial charge in [-0.3, -0.25) is 0 Å². The monoisotopic (exact) mass is 293 g/mol. The van der Waals surface area contributed by atoms with Crippen LogP contribution in [-0.4, -0.2) is 9.97 Å². The standard InChI is InChI=1S/C14H16ClN3S/c1-3-11-9(2)14(16)18-13(17-11)8-19-12-7-5-4-6-10(12)15/h4-7H,3,8H2,1-2H3,(H2,16,17,18). The highest BCUT2D eigenvalue weighted by atomic mass is 35.5. The predicted octanol–water partition coefficient (Wildman–Crippen LogP) is 3.88. The smallest absolute Gasteiger partial charge is 0.141 e. The first-order valence-corrected chi connectivity index (χ1v) is 7.47. The van der Waals surface area contributed by atoms with Gasteiger partial charge in [-0.25, -0.2) is 9.97 Å². The van der Waals surface area contributed by atoms with Crippen molar-refractivity contribution in [1.29, 1.82) is 0 Å². The summed E-state index contributed by atoms with van der Waals surface area (Å²) in [5.41, 5.74) is 7.91. The summed E-state index contributed by atoms with van der Waals surface area (Å²) in [5.74, 6) is 1.99. The number of thioether (sulfide) groups is 1. The molecule has 2 aromatic rings. The molecule has 5 heteroatoms. The molecule has 3 nitrogen and oxygen atoms in total. The van der Waals surface area contributed by atoms with Crippen LogP contribution >= 0.6 is 23.4 Å². The summed E-state index contributed by atoms with van der Waals surface area (Å²) in [6.45, 7) is 4.03. The van der Waals surface area contributed by atoms with Crippen LogP contribution in [-0.2, 0) is 12.2 Å². The number of hydrogen-bond acceptors (Lipinski definition) is 4. The minimum Gasteiger partial charge on any atom is -0.383 e. The topological polar surface area (TPSA) is 51.8 Å². The van der Waals surface area contributed by atoms with Crippen LogP contribution in [0.1, 0.15) is 24.0 Å². The van der Waals surface area contributed by atoms with E-state index in [9.17, 15) is 0 Å². The summed E-state index contributed by atoms with van der Waals surface area (Å²) in [4.78, 5) is 9.90. The van der Waals surface area contributed by atoms with Gasteiger partial charge in [-0.2, -0.15) is 0 Å². The maximum Gasteiger partial charge on any atom is 0.141 e. The zero-order valence-corrected chi connectivity index (χ0v) is 12.6. The molecule has 0 bridgehead atoms. The van der Waals surface area contributed by atoms with E-state index in [1.54, 1.807) is 11.8 Å². The molecular formula is C14H16ClN3S. The van der Waals surface area contributed by atoms with Gasteiger partial charge < -0.3 is 5.73 Å². The Bertz CT molecular complexity index is 587. The van der Waals surface area contributed by atoms with Gasteiger partial charge in [0.2, 0.25) is 0 Å². The average molecular weight is 294 g/mol. The Hall–Kier alpha value is -1.26. The second-order valence-electron chi connectivity index (χ2n) is 4.17. The molecule has 0 saturated heterocycles. The number of anilines is 1.